The van der Waals surface area contributed by atoms with Crippen LogP contribution in [0.4, 0.5) is 5.95 Å². The minimum absolute atomic E-state index is 0.734. The van der Waals surface area contributed by atoms with Gasteiger partial charge in [-0.2, -0.15) is 5.10 Å². The Labute approximate surface area is 146 Å². The molecule has 0 bridgehead atoms. The number of hydrazone groups is 1. The van der Waals surface area contributed by atoms with Crippen molar-refractivity contribution in [3.63, 3.8) is 0 Å². The van der Waals surface area contributed by atoms with Crippen LogP contribution in [0.25, 0.3) is 11.0 Å². The van der Waals surface area contributed by atoms with Gasteiger partial charge in [0.15, 0.2) is 0 Å². The van der Waals surface area contributed by atoms with Crippen molar-refractivity contribution < 1.29 is 0 Å². The third-order valence-corrected chi connectivity index (χ3v) is 4.02. The van der Waals surface area contributed by atoms with Gasteiger partial charge in [-0.15, -0.1) is 0 Å². The molecule has 4 rings (SSSR count). The standard InChI is InChI=1S/C21H18N4/c1-3-9-17(10-4-1)15-22-24-21-23-19-13-7-8-14-20(19)25(21)16-18-11-5-2-6-12-18/h1-15H,16H2,(H,23,24). The van der Waals surface area contributed by atoms with Crippen LogP contribution in [0.15, 0.2) is 90.0 Å². The zero-order valence-electron chi connectivity index (χ0n) is 13.7. The molecule has 0 amide bonds. The second-order valence-corrected chi connectivity index (χ2v) is 5.78. The van der Waals surface area contributed by atoms with Crippen LogP contribution < -0.4 is 5.43 Å². The monoisotopic (exact) mass is 326 g/mol. The second kappa shape index (κ2) is 7.01. The minimum atomic E-state index is 0.734. The molecule has 0 spiro atoms. The molecule has 0 saturated heterocycles. The van der Waals surface area contributed by atoms with E-state index in [1.165, 1.54) is 5.56 Å². The Hall–Kier alpha value is -3.40. The summed E-state index contributed by atoms with van der Waals surface area (Å²) in [5.41, 5.74) is 7.40. The summed E-state index contributed by atoms with van der Waals surface area (Å²) in [7, 11) is 0. The van der Waals surface area contributed by atoms with Gasteiger partial charge in [-0.05, 0) is 23.3 Å². The van der Waals surface area contributed by atoms with Crippen LogP contribution in [0.2, 0.25) is 0 Å². The minimum Gasteiger partial charge on any atom is -0.304 e. The van der Waals surface area contributed by atoms with Gasteiger partial charge >= 0.3 is 0 Å². The van der Waals surface area contributed by atoms with E-state index >= 15 is 0 Å². The van der Waals surface area contributed by atoms with E-state index in [4.69, 9.17) is 0 Å². The molecule has 0 atom stereocenters. The Balaban J connectivity index is 1.65. The SMILES string of the molecule is C(=NNc1nc2ccccc2n1Cc1ccccc1)c1ccccc1. The predicted molar refractivity (Wildman–Crippen MR) is 103 cm³/mol. The maximum absolute atomic E-state index is 4.68. The highest BCUT2D eigenvalue weighted by Gasteiger charge is 2.10. The third-order valence-electron chi connectivity index (χ3n) is 4.02. The Bertz CT molecular complexity index is 988. The number of rotatable bonds is 5. The van der Waals surface area contributed by atoms with Crippen LogP contribution in [-0.4, -0.2) is 15.8 Å². The maximum atomic E-state index is 4.68. The van der Waals surface area contributed by atoms with E-state index in [9.17, 15) is 0 Å². The van der Waals surface area contributed by atoms with Gasteiger partial charge in [0.05, 0.1) is 23.8 Å². The van der Waals surface area contributed by atoms with Crippen molar-refractivity contribution in [3.8, 4) is 0 Å². The fourth-order valence-electron chi connectivity index (χ4n) is 2.79. The number of hydrogen-bond donors (Lipinski definition) is 1. The quantitative estimate of drug-likeness (QED) is 0.432. The molecule has 1 aromatic heterocycles. The summed E-state index contributed by atoms with van der Waals surface area (Å²) in [6.07, 6.45) is 1.80. The number of nitrogens with one attached hydrogen (secondary N) is 1. The molecule has 0 unspecified atom stereocenters. The lowest BCUT2D eigenvalue weighted by Crippen LogP contribution is -2.05. The molecular formula is C21H18N4. The van der Waals surface area contributed by atoms with Crippen molar-refractivity contribution in [3.05, 3.63) is 96.1 Å². The Morgan fingerprint density at radius 3 is 2.32 bits per heavy atom. The zero-order valence-corrected chi connectivity index (χ0v) is 13.7. The molecule has 122 valence electrons. The topological polar surface area (TPSA) is 42.2 Å². The number of para-hydroxylation sites is 2. The summed E-state index contributed by atoms with van der Waals surface area (Å²) in [5, 5.41) is 4.35. The summed E-state index contributed by atoms with van der Waals surface area (Å²) in [6, 6.07) is 28.5. The summed E-state index contributed by atoms with van der Waals surface area (Å²) in [4.78, 5) is 4.68. The van der Waals surface area contributed by atoms with Crippen molar-refractivity contribution in [2.45, 2.75) is 6.54 Å². The summed E-state index contributed by atoms with van der Waals surface area (Å²) in [5.74, 6) is 0.734. The largest absolute Gasteiger partial charge is 0.304 e. The highest BCUT2D eigenvalue weighted by molar-refractivity contribution is 5.81. The van der Waals surface area contributed by atoms with E-state index in [-0.39, 0.29) is 0 Å². The lowest BCUT2D eigenvalue weighted by Gasteiger charge is -2.08. The smallest absolute Gasteiger partial charge is 0.225 e. The van der Waals surface area contributed by atoms with E-state index in [0.717, 1.165) is 29.1 Å². The lowest BCUT2D eigenvalue weighted by molar-refractivity contribution is 0.828. The molecule has 4 nitrogen and oxygen atoms in total. The van der Waals surface area contributed by atoms with Crippen molar-refractivity contribution in [2.75, 3.05) is 5.43 Å². The van der Waals surface area contributed by atoms with E-state index in [2.05, 4.69) is 50.4 Å². The average molecular weight is 326 g/mol. The van der Waals surface area contributed by atoms with Crippen LogP contribution in [-0.2, 0) is 6.54 Å². The number of anilines is 1. The molecule has 1 heterocycles. The van der Waals surface area contributed by atoms with Gasteiger partial charge < -0.3 is 4.57 Å². The average Bonchev–Trinajstić information content (AvgIpc) is 3.01. The van der Waals surface area contributed by atoms with Crippen LogP contribution >= 0.6 is 0 Å². The first-order valence-electron chi connectivity index (χ1n) is 8.23. The molecule has 4 heteroatoms. The first-order chi connectivity index (χ1) is 12.4. The second-order valence-electron chi connectivity index (χ2n) is 5.78. The molecule has 0 aliphatic carbocycles. The van der Waals surface area contributed by atoms with Crippen LogP contribution in [0, 0.1) is 0 Å². The molecule has 0 fully saturated rings. The molecule has 0 aliphatic rings. The van der Waals surface area contributed by atoms with Gasteiger partial charge in [0.1, 0.15) is 0 Å². The normalized spacial score (nSPS) is 11.2. The molecule has 3 aromatic carbocycles. The molecular weight excluding hydrogens is 308 g/mol. The molecule has 0 saturated carbocycles. The summed E-state index contributed by atoms with van der Waals surface area (Å²) >= 11 is 0. The summed E-state index contributed by atoms with van der Waals surface area (Å²) < 4.78 is 2.15. The molecule has 0 radical (unpaired) electrons. The van der Waals surface area contributed by atoms with Crippen LogP contribution in [0.5, 0.6) is 0 Å². The van der Waals surface area contributed by atoms with Gasteiger partial charge in [0.2, 0.25) is 5.95 Å². The highest BCUT2D eigenvalue weighted by atomic mass is 15.4. The predicted octanol–water partition coefficient (Wildman–Crippen LogP) is 4.53. The first-order valence-corrected chi connectivity index (χ1v) is 8.23. The number of nitrogens with zero attached hydrogens (tertiary/aromatic N) is 3. The lowest BCUT2D eigenvalue weighted by atomic mass is 10.2. The van der Waals surface area contributed by atoms with E-state index < -0.39 is 0 Å². The van der Waals surface area contributed by atoms with Gasteiger partial charge in [0, 0.05) is 0 Å². The molecule has 0 aliphatic heterocycles. The molecule has 25 heavy (non-hydrogen) atoms. The van der Waals surface area contributed by atoms with Crippen LogP contribution in [0.1, 0.15) is 11.1 Å². The first kappa shape index (κ1) is 15.1. The number of aromatic nitrogens is 2. The van der Waals surface area contributed by atoms with Gasteiger partial charge in [0.25, 0.3) is 0 Å². The van der Waals surface area contributed by atoms with Crippen LogP contribution in [0.3, 0.4) is 0 Å². The molecule has 1 N–H and O–H groups in total. The van der Waals surface area contributed by atoms with E-state index in [0.29, 0.717) is 0 Å². The Morgan fingerprint density at radius 1 is 0.840 bits per heavy atom. The molecule has 4 aromatic rings. The number of benzene rings is 3. The zero-order chi connectivity index (χ0) is 16.9. The van der Waals surface area contributed by atoms with Crippen molar-refractivity contribution in [2.24, 2.45) is 5.10 Å². The summed E-state index contributed by atoms with van der Waals surface area (Å²) in [6.45, 7) is 0.741. The Kier molecular flexibility index (Phi) is 4.25. The number of hydrogen-bond acceptors (Lipinski definition) is 3. The fraction of sp³-hybridized carbons (Fsp3) is 0.0476. The van der Waals surface area contributed by atoms with Crippen molar-refractivity contribution >= 4 is 23.2 Å². The number of fused-ring (bicyclic) bond motifs is 1. The van der Waals surface area contributed by atoms with E-state index in [1.54, 1.807) is 6.21 Å². The fourth-order valence-corrected chi connectivity index (χ4v) is 2.79. The van der Waals surface area contributed by atoms with Crippen molar-refractivity contribution in [1.82, 2.24) is 9.55 Å². The van der Waals surface area contributed by atoms with Gasteiger partial charge in [-0.25, -0.2) is 10.4 Å². The van der Waals surface area contributed by atoms with Gasteiger partial charge in [-0.1, -0.05) is 72.8 Å². The maximum Gasteiger partial charge on any atom is 0.225 e. The number of imidazole rings is 1. The van der Waals surface area contributed by atoms with E-state index in [1.807, 2.05) is 54.6 Å². The van der Waals surface area contributed by atoms with Gasteiger partial charge in [-0.3, -0.25) is 0 Å². The highest BCUT2D eigenvalue weighted by Crippen LogP contribution is 2.21. The Morgan fingerprint density at radius 2 is 1.52 bits per heavy atom. The third kappa shape index (κ3) is 3.43. The van der Waals surface area contributed by atoms with Crippen molar-refractivity contribution in [1.29, 1.82) is 0 Å².